The smallest absolute Gasteiger partial charge is 0.302 e. The second-order valence-corrected chi connectivity index (χ2v) is 12.1. The topological polar surface area (TPSA) is 124 Å². The first-order valence-electron chi connectivity index (χ1n) is 13.5. The molecule has 1 saturated heterocycles. The van der Waals surface area contributed by atoms with Gasteiger partial charge in [0.25, 0.3) is 5.88 Å². The number of carbonyl (C=O) groups excluding carboxylic acids is 3. The number of nitrogens with zero attached hydrogens (tertiary/aromatic N) is 3. The van der Waals surface area contributed by atoms with E-state index in [0.717, 1.165) is 21.7 Å². The minimum Gasteiger partial charge on any atom is -0.475 e. The molecule has 4 rings (SSSR count). The average molecular weight is 648 g/mol. The Morgan fingerprint density at radius 3 is 2.56 bits per heavy atom. The lowest BCUT2D eigenvalue weighted by Crippen LogP contribution is -2.48. The molecule has 0 saturated carbocycles. The first kappa shape index (κ1) is 30.7. The van der Waals surface area contributed by atoms with Crippen LogP contribution in [0.4, 0.5) is 0 Å². The third kappa shape index (κ3) is 7.34. The van der Waals surface area contributed by atoms with Gasteiger partial charge in [-0.2, -0.15) is 0 Å². The molecule has 3 aromatic rings. The van der Waals surface area contributed by atoms with Crippen molar-refractivity contribution in [3.63, 3.8) is 0 Å². The summed E-state index contributed by atoms with van der Waals surface area (Å²) in [5.74, 6) is -1.28. The van der Waals surface area contributed by atoms with Crippen LogP contribution < -0.4 is 10.1 Å². The number of nitrogens with one attached hydrogen (secondary N) is 1. The number of amides is 2. The van der Waals surface area contributed by atoms with E-state index >= 15 is 0 Å². The van der Waals surface area contributed by atoms with Gasteiger partial charge in [-0.05, 0) is 36.0 Å². The molecule has 1 aliphatic heterocycles. The number of thiazole rings is 1. The Morgan fingerprint density at radius 2 is 1.95 bits per heavy atom. The Bertz CT molecular complexity index is 1360. The molecule has 1 fully saturated rings. The van der Waals surface area contributed by atoms with Crippen molar-refractivity contribution in [2.75, 3.05) is 18.5 Å². The summed E-state index contributed by atoms with van der Waals surface area (Å²) in [6, 6.07) is 8.47. The first-order chi connectivity index (χ1) is 19.6. The van der Waals surface area contributed by atoms with Crippen LogP contribution in [0.5, 0.6) is 5.88 Å². The van der Waals surface area contributed by atoms with Gasteiger partial charge in [-0.25, -0.2) is 4.98 Å². The highest BCUT2D eigenvalue weighted by molar-refractivity contribution is 9.09. The number of aromatic nitrogens is 2. The zero-order valence-electron chi connectivity index (χ0n) is 23.8. The lowest BCUT2D eigenvalue weighted by Gasteiger charge is -2.29. The number of halogens is 1. The van der Waals surface area contributed by atoms with Crippen molar-refractivity contribution in [3.05, 3.63) is 52.9 Å². The molecule has 1 N–H and O–H groups in total. The SMILES string of the molecule is CC(=O)O[C@@H]1C[C@@H](C(=O)N[C@@H](C)c2ccc(-c3scnc3C)cc2)N(C(=O)[C@@H](c2cc(OCCBr)no2)C(C)C)C1. The number of alkyl halides is 1. The quantitative estimate of drug-likeness (QED) is 0.227. The molecule has 10 nitrogen and oxygen atoms in total. The third-order valence-corrected chi connectivity index (χ3v) is 8.33. The second kappa shape index (κ2) is 13.6. The molecule has 1 aliphatic rings. The van der Waals surface area contributed by atoms with Crippen molar-refractivity contribution in [2.24, 2.45) is 5.92 Å². The number of ether oxygens (including phenoxy) is 2. The zero-order valence-corrected chi connectivity index (χ0v) is 26.2. The summed E-state index contributed by atoms with van der Waals surface area (Å²) in [5.41, 5.74) is 4.79. The van der Waals surface area contributed by atoms with E-state index in [1.807, 2.05) is 57.5 Å². The summed E-state index contributed by atoms with van der Waals surface area (Å²) in [5, 5.41) is 7.61. The minimum absolute atomic E-state index is 0.109. The zero-order chi connectivity index (χ0) is 29.7. The van der Waals surface area contributed by atoms with Gasteiger partial charge in [-0.3, -0.25) is 14.4 Å². The largest absolute Gasteiger partial charge is 0.475 e. The maximum Gasteiger partial charge on any atom is 0.302 e. The van der Waals surface area contributed by atoms with E-state index in [4.69, 9.17) is 14.0 Å². The van der Waals surface area contributed by atoms with E-state index in [0.29, 0.717) is 17.7 Å². The van der Waals surface area contributed by atoms with Gasteiger partial charge in [0.15, 0.2) is 5.76 Å². The molecule has 4 atom stereocenters. The van der Waals surface area contributed by atoms with Gasteiger partial charge in [0, 0.05) is 24.7 Å². The molecular weight excluding hydrogens is 612 g/mol. The third-order valence-electron chi connectivity index (χ3n) is 7.03. The van der Waals surface area contributed by atoms with Crippen molar-refractivity contribution >= 4 is 45.1 Å². The number of hydrogen-bond acceptors (Lipinski definition) is 9. The Balaban J connectivity index is 1.51. The monoisotopic (exact) mass is 646 g/mol. The first-order valence-corrected chi connectivity index (χ1v) is 15.5. The Kier molecular flexibility index (Phi) is 10.2. The van der Waals surface area contributed by atoms with Gasteiger partial charge < -0.3 is 24.2 Å². The molecule has 0 bridgehead atoms. The van der Waals surface area contributed by atoms with Gasteiger partial charge in [0.05, 0.1) is 35.3 Å². The van der Waals surface area contributed by atoms with Crippen LogP contribution in [-0.2, 0) is 19.1 Å². The van der Waals surface area contributed by atoms with Crippen molar-refractivity contribution in [2.45, 2.75) is 65.1 Å². The number of rotatable bonds is 11. The van der Waals surface area contributed by atoms with E-state index in [-0.39, 0.29) is 42.6 Å². The molecule has 0 spiro atoms. The van der Waals surface area contributed by atoms with Crippen LogP contribution in [0.2, 0.25) is 0 Å². The number of benzene rings is 1. The minimum atomic E-state index is -0.818. The van der Waals surface area contributed by atoms with E-state index in [1.165, 1.54) is 11.8 Å². The summed E-state index contributed by atoms with van der Waals surface area (Å²) in [4.78, 5) is 46.2. The normalized spacial score (nSPS) is 18.3. The second-order valence-electron chi connectivity index (χ2n) is 10.4. The highest BCUT2D eigenvalue weighted by Gasteiger charge is 2.45. The molecule has 3 heterocycles. The van der Waals surface area contributed by atoms with E-state index in [9.17, 15) is 14.4 Å². The predicted molar refractivity (Wildman–Crippen MR) is 158 cm³/mol. The van der Waals surface area contributed by atoms with E-state index < -0.39 is 24.0 Å². The van der Waals surface area contributed by atoms with Crippen molar-refractivity contribution in [3.8, 4) is 16.3 Å². The fourth-order valence-electron chi connectivity index (χ4n) is 5.05. The Morgan fingerprint density at radius 1 is 1.22 bits per heavy atom. The molecule has 2 aromatic heterocycles. The van der Waals surface area contributed by atoms with Gasteiger partial charge >= 0.3 is 5.97 Å². The van der Waals surface area contributed by atoms with Crippen LogP contribution in [0.3, 0.4) is 0 Å². The highest BCUT2D eigenvalue weighted by atomic mass is 79.9. The number of esters is 1. The molecule has 41 heavy (non-hydrogen) atoms. The van der Waals surface area contributed by atoms with Gasteiger partial charge in [0.1, 0.15) is 18.1 Å². The van der Waals surface area contributed by atoms with Crippen LogP contribution in [0.15, 0.2) is 40.4 Å². The predicted octanol–water partition coefficient (Wildman–Crippen LogP) is 5.03. The average Bonchev–Trinajstić information content (AvgIpc) is 3.67. The van der Waals surface area contributed by atoms with Crippen LogP contribution in [0.25, 0.3) is 10.4 Å². The molecular formula is C29H35BrN4O6S. The summed E-state index contributed by atoms with van der Waals surface area (Å²) in [6.45, 7) is 9.50. The van der Waals surface area contributed by atoms with Crippen LogP contribution >= 0.6 is 27.3 Å². The molecule has 12 heteroatoms. The van der Waals surface area contributed by atoms with Gasteiger partial charge in [-0.15, -0.1) is 11.3 Å². The lowest BCUT2D eigenvalue weighted by molar-refractivity contribution is -0.147. The van der Waals surface area contributed by atoms with E-state index in [1.54, 1.807) is 17.4 Å². The molecule has 0 radical (unpaired) electrons. The number of carbonyl (C=O) groups is 3. The maximum absolute atomic E-state index is 14.0. The van der Waals surface area contributed by atoms with Crippen LogP contribution in [-0.4, -0.2) is 63.5 Å². The summed E-state index contributed by atoms with van der Waals surface area (Å²) in [7, 11) is 0. The fraction of sp³-hybridized carbons (Fsp3) is 0.483. The van der Waals surface area contributed by atoms with Crippen LogP contribution in [0.1, 0.15) is 63.1 Å². The molecule has 2 amide bonds. The summed E-state index contributed by atoms with van der Waals surface area (Å²) in [6.07, 6.45) is -0.390. The summed E-state index contributed by atoms with van der Waals surface area (Å²) < 4.78 is 16.4. The maximum atomic E-state index is 14.0. The van der Waals surface area contributed by atoms with Crippen molar-refractivity contribution < 1.29 is 28.4 Å². The van der Waals surface area contributed by atoms with E-state index in [2.05, 4.69) is 31.4 Å². The molecule has 220 valence electrons. The lowest BCUT2D eigenvalue weighted by atomic mass is 9.91. The molecule has 0 unspecified atom stereocenters. The Hall–Kier alpha value is -3.25. The highest BCUT2D eigenvalue weighted by Crippen LogP contribution is 2.33. The van der Waals surface area contributed by atoms with Crippen molar-refractivity contribution in [1.29, 1.82) is 0 Å². The number of aryl methyl sites for hydroxylation is 1. The molecule has 0 aliphatic carbocycles. The van der Waals surface area contributed by atoms with Gasteiger partial charge in [-0.1, -0.05) is 54.0 Å². The van der Waals surface area contributed by atoms with Gasteiger partial charge in [0.2, 0.25) is 11.8 Å². The van der Waals surface area contributed by atoms with Crippen LogP contribution in [0, 0.1) is 12.8 Å². The van der Waals surface area contributed by atoms with Crippen molar-refractivity contribution in [1.82, 2.24) is 20.4 Å². The fourth-order valence-corrected chi connectivity index (χ4v) is 6.02. The Labute approximate surface area is 251 Å². The molecule has 1 aromatic carbocycles. The number of hydrogen-bond donors (Lipinski definition) is 1. The number of likely N-dealkylation sites (tertiary alicyclic amines) is 1. The summed E-state index contributed by atoms with van der Waals surface area (Å²) >= 11 is 4.89. The standard InChI is InChI=1S/C29H35BrN4O6S/c1-16(2)26(24-13-25(33-40-24)38-11-10-30)29(37)34-14-22(39-19(5)35)12-23(34)28(36)32-17(3)20-6-8-21(9-7-20)27-18(4)31-15-41-27/h6-9,13,15-17,22-23,26H,10-12,14H2,1-5H3,(H,32,36)/t17-,22+,23-,26+/m0/s1.